The molecular weight excluding hydrogens is 267 g/mol. The third-order valence-electron chi connectivity index (χ3n) is 1.73. The van der Waals surface area contributed by atoms with Crippen LogP contribution in [0.1, 0.15) is 13.3 Å². The van der Waals surface area contributed by atoms with Crippen molar-refractivity contribution in [3.05, 3.63) is 12.2 Å². The van der Waals surface area contributed by atoms with Gasteiger partial charge in [0, 0.05) is 0 Å². The molecular formula is C8H7F9. The standard InChI is InChI=1S/C8H7F9/c1-2-3-4-5(9,10)6(11,12)7(13,14)8(15,16)17/h3-4H,2H2,1H3. The summed E-state index contributed by atoms with van der Waals surface area (Å²) in [4.78, 5) is 0. The molecule has 0 aromatic rings. The van der Waals surface area contributed by atoms with Crippen LogP contribution in [0.25, 0.3) is 0 Å². The smallest absolute Gasteiger partial charge is 0.195 e. The number of allylic oxidation sites excluding steroid dienone is 2. The second-order valence-electron chi connectivity index (χ2n) is 3.08. The summed E-state index contributed by atoms with van der Waals surface area (Å²) in [6.07, 6.45) is -7.27. The molecule has 0 unspecified atom stereocenters. The fourth-order valence-corrected chi connectivity index (χ4v) is 0.758. The van der Waals surface area contributed by atoms with Crippen molar-refractivity contribution in [1.82, 2.24) is 0 Å². The third kappa shape index (κ3) is 2.68. The molecule has 0 aromatic heterocycles. The summed E-state index contributed by atoms with van der Waals surface area (Å²) in [5, 5.41) is 0. The van der Waals surface area contributed by atoms with Crippen LogP contribution < -0.4 is 0 Å². The minimum absolute atomic E-state index is 0.219. The Morgan fingerprint density at radius 1 is 0.765 bits per heavy atom. The van der Waals surface area contributed by atoms with Gasteiger partial charge in [0.2, 0.25) is 0 Å². The Balaban J connectivity index is 5.47. The summed E-state index contributed by atoms with van der Waals surface area (Å²) in [7, 11) is 0. The van der Waals surface area contributed by atoms with E-state index < -0.39 is 30.0 Å². The highest BCUT2D eigenvalue weighted by molar-refractivity contribution is 5.09. The Hall–Kier alpha value is -0.890. The quantitative estimate of drug-likeness (QED) is 0.526. The van der Waals surface area contributed by atoms with Gasteiger partial charge in [0.25, 0.3) is 0 Å². The maximum absolute atomic E-state index is 12.6. The van der Waals surface area contributed by atoms with E-state index in [1.807, 2.05) is 0 Å². The molecule has 0 radical (unpaired) electrons. The lowest BCUT2D eigenvalue weighted by molar-refractivity contribution is -0.388. The molecule has 0 spiro atoms. The molecule has 0 nitrogen and oxygen atoms in total. The third-order valence-corrected chi connectivity index (χ3v) is 1.73. The van der Waals surface area contributed by atoms with Gasteiger partial charge in [0.05, 0.1) is 0 Å². The number of alkyl halides is 9. The van der Waals surface area contributed by atoms with Gasteiger partial charge in [-0.25, -0.2) is 0 Å². The van der Waals surface area contributed by atoms with Crippen molar-refractivity contribution in [3.8, 4) is 0 Å². The summed E-state index contributed by atoms with van der Waals surface area (Å²) in [6.45, 7) is 1.21. The fourth-order valence-electron chi connectivity index (χ4n) is 0.758. The van der Waals surface area contributed by atoms with Crippen LogP contribution in [-0.2, 0) is 0 Å². The van der Waals surface area contributed by atoms with Crippen molar-refractivity contribution >= 4 is 0 Å². The van der Waals surface area contributed by atoms with Crippen molar-refractivity contribution in [2.45, 2.75) is 37.3 Å². The van der Waals surface area contributed by atoms with Crippen LogP contribution in [0.2, 0.25) is 0 Å². The van der Waals surface area contributed by atoms with Crippen molar-refractivity contribution in [1.29, 1.82) is 0 Å². The predicted molar refractivity (Wildman–Crippen MR) is 40.3 cm³/mol. The van der Waals surface area contributed by atoms with Crippen LogP contribution >= 0.6 is 0 Å². The number of hydrogen-bond donors (Lipinski definition) is 0. The Bertz CT molecular complexity index is 286. The van der Waals surface area contributed by atoms with Crippen LogP contribution in [0.3, 0.4) is 0 Å². The SMILES string of the molecule is CCC=CC(F)(F)C(F)(F)C(F)(F)C(F)(F)F. The normalized spacial score (nSPS) is 15.6. The predicted octanol–water partition coefficient (Wildman–Crippen LogP) is 4.42. The maximum atomic E-state index is 12.6. The number of halogens is 9. The summed E-state index contributed by atoms with van der Waals surface area (Å²) in [5.41, 5.74) is 0. The van der Waals surface area contributed by atoms with Crippen molar-refractivity contribution in [3.63, 3.8) is 0 Å². The molecule has 0 heterocycles. The van der Waals surface area contributed by atoms with Gasteiger partial charge >= 0.3 is 23.9 Å². The van der Waals surface area contributed by atoms with Crippen molar-refractivity contribution < 1.29 is 39.5 Å². The first-order chi connectivity index (χ1) is 7.31. The maximum Gasteiger partial charge on any atom is 0.460 e. The van der Waals surface area contributed by atoms with E-state index in [2.05, 4.69) is 0 Å². The zero-order chi connectivity index (χ0) is 14.1. The molecule has 0 aliphatic heterocycles. The highest BCUT2D eigenvalue weighted by Gasteiger charge is 2.81. The largest absolute Gasteiger partial charge is 0.460 e. The van der Waals surface area contributed by atoms with Gasteiger partial charge in [0.15, 0.2) is 0 Å². The topological polar surface area (TPSA) is 0 Å². The van der Waals surface area contributed by atoms with E-state index in [1.54, 1.807) is 0 Å². The van der Waals surface area contributed by atoms with Gasteiger partial charge in [0.1, 0.15) is 0 Å². The fraction of sp³-hybridized carbons (Fsp3) is 0.750. The van der Waals surface area contributed by atoms with Crippen molar-refractivity contribution in [2.24, 2.45) is 0 Å². The second-order valence-corrected chi connectivity index (χ2v) is 3.08. The molecule has 0 aromatic carbocycles. The molecule has 102 valence electrons. The van der Waals surface area contributed by atoms with Gasteiger partial charge in [-0.15, -0.1) is 0 Å². The summed E-state index contributed by atoms with van der Waals surface area (Å²) in [5.74, 6) is -19.0. The van der Waals surface area contributed by atoms with Gasteiger partial charge < -0.3 is 0 Å². The Morgan fingerprint density at radius 2 is 1.18 bits per heavy atom. The molecule has 0 rings (SSSR count). The first kappa shape index (κ1) is 16.1. The molecule has 0 aliphatic rings. The minimum atomic E-state index is -6.82. The van der Waals surface area contributed by atoms with Crippen LogP contribution in [-0.4, -0.2) is 23.9 Å². The Morgan fingerprint density at radius 3 is 1.47 bits per heavy atom. The zero-order valence-corrected chi connectivity index (χ0v) is 8.26. The van der Waals surface area contributed by atoms with E-state index >= 15 is 0 Å². The first-order valence-electron chi connectivity index (χ1n) is 4.19. The van der Waals surface area contributed by atoms with Gasteiger partial charge in [-0.3, -0.25) is 0 Å². The molecule has 17 heavy (non-hydrogen) atoms. The first-order valence-corrected chi connectivity index (χ1v) is 4.19. The molecule has 0 saturated heterocycles. The highest BCUT2D eigenvalue weighted by atomic mass is 19.4. The minimum Gasteiger partial charge on any atom is -0.195 e. The lowest BCUT2D eigenvalue weighted by Crippen LogP contribution is -2.60. The average Bonchev–Trinajstić information content (AvgIpc) is 2.12. The van der Waals surface area contributed by atoms with Gasteiger partial charge in [-0.05, 0) is 12.5 Å². The van der Waals surface area contributed by atoms with Crippen molar-refractivity contribution in [2.75, 3.05) is 0 Å². The lowest BCUT2D eigenvalue weighted by atomic mass is 10.0. The van der Waals surface area contributed by atoms with Crippen LogP contribution in [0, 0.1) is 0 Å². The van der Waals surface area contributed by atoms with Gasteiger partial charge in [-0.2, -0.15) is 39.5 Å². The number of hydrogen-bond acceptors (Lipinski definition) is 0. The van der Waals surface area contributed by atoms with E-state index in [1.165, 1.54) is 6.92 Å². The van der Waals surface area contributed by atoms with Gasteiger partial charge in [-0.1, -0.05) is 13.0 Å². The van der Waals surface area contributed by atoms with E-state index in [4.69, 9.17) is 0 Å². The van der Waals surface area contributed by atoms with E-state index in [0.717, 1.165) is 0 Å². The molecule has 0 amide bonds. The average molecular weight is 274 g/mol. The molecule has 0 N–H and O–H groups in total. The monoisotopic (exact) mass is 274 g/mol. The Kier molecular flexibility index (Phi) is 4.18. The number of rotatable bonds is 4. The van der Waals surface area contributed by atoms with Crippen LogP contribution in [0.5, 0.6) is 0 Å². The molecule has 0 saturated carbocycles. The molecule has 9 heteroatoms. The molecule has 0 fully saturated rings. The molecule has 0 atom stereocenters. The molecule has 0 bridgehead atoms. The summed E-state index contributed by atoms with van der Waals surface area (Å²) in [6, 6.07) is 0. The highest BCUT2D eigenvalue weighted by Crippen LogP contribution is 2.53. The molecule has 0 aliphatic carbocycles. The van der Waals surface area contributed by atoms with E-state index in [-0.39, 0.29) is 6.42 Å². The summed E-state index contributed by atoms with van der Waals surface area (Å²) >= 11 is 0. The lowest BCUT2D eigenvalue weighted by Gasteiger charge is -2.32. The summed E-state index contributed by atoms with van der Waals surface area (Å²) < 4.78 is 110. The second kappa shape index (κ2) is 4.41. The zero-order valence-electron chi connectivity index (χ0n) is 8.26. The van der Waals surface area contributed by atoms with Crippen LogP contribution in [0.15, 0.2) is 12.2 Å². The Labute approximate surface area is 90.1 Å². The van der Waals surface area contributed by atoms with E-state index in [9.17, 15) is 39.5 Å². The van der Waals surface area contributed by atoms with Crippen LogP contribution in [0.4, 0.5) is 39.5 Å². The van der Waals surface area contributed by atoms with E-state index in [0.29, 0.717) is 6.08 Å².